The number of aromatic amines is 1. The Labute approximate surface area is 88.6 Å². The Kier molecular flexibility index (Phi) is 3.79. The van der Waals surface area contributed by atoms with Gasteiger partial charge in [0.1, 0.15) is 0 Å². The second-order valence-corrected chi connectivity index (χ2v) is 3.50. The van der Waals surface area contributed by atoms with Crippen LogP contribution in [0.4, 0.5) is 0 Å². The van der Waals surface area contributed by atoms with Gasteiger partial charge in [0, 0.05) is 6.54 Å². The van der Waals surface area contributed by atoms with Gasteiger partial charge in [-0.05, 0) is 12.8 Å². The maximum atomic E-state index is 11.7. The first-order valence-electron chi connectivity index (χ1n) is 5.05. The smallest absolute Gasteiger partial charge is 0.273 e. The lowest BCUT2D eigenvalue weighted by Crippen LogP contribution is -2.52. The van der Waals surface area contributed by atoms with E-state index in [4.69, 9.17) is 5.73 Å². The van der Waals surface area contributed by atoms with Gasteiger partial charge in [-0.15, -0.1) is 0 Å². The summed E-state index contributed by atoms with van der Waals surface area (Å²) in [6, 6.07) is 0. The Balaban J connectivity index is 2.71. The van der Waals surface area contributed by atoms with Crippen LogP contribution in [0.15, 0.2) is 6.20 Å². The molecule has 0 atom stereocenters. The van der Waals surface area contributed by atoms with Crippen LogP contribution in [0.5, 0.6) is 0 Å². The predicted molar refractivity (Wildman–Crippen MR) is 56.2 cm³/mol. The van der Waals surface area contributed by atoms with Crippen molar-refractivity contribution >= 4 is 5.91 Å². The van der Waals surface area contributed by atoms with Gasteiger partial charge < -0.3 is 11.1 Å². The van der Waals surface area contributed by atoms with Crippen molar-refractivity contribution in [1.82, 2.24) is 20.7 Å². The molecule has 6 nitrogen and oxygen atoms in total. The molecule has 15 heavy (non-hydrogen) atoms. The molecule has 0 saturated carbocycles. The Hall–Kier alpha value is -1.43. The van der Waals surface area contributed by atoms with Crippen LogP contribution in [0.3, 0.4) is 0 Å². The molecule has 1 aromatic rings. The van der Waals surface area contributed by atoms with Gasteiger partial charge in [0.2, 0.25) is 0 Å². The van der Waals surface area contributed by atoms with Crippen molar-refractivity contribution in [2.45, 2.75) is 32.2 Å². The van der Waals surface area contributed by atoms with Crippen molar-refractivity contribution in [2.24, 2.45) is 5.73 Å². The predicted octanol–water partition coefficient (Wildman–Crippen LogP) is 0.0520. The lowest BCUT2D eigenvalue weighted by Gasteiger charge is -2.30. The monoisotopic (exact) mass is 211 g/mol. The zero-order valence-electron chi connectivity index (χ0n) is 9.08. The molecule has 1 heterocycles. The van der Waals surface area contributed by atoms with Gasteiger partial charge in [-0.1, -0.05) is 13.8 Å². The summed E-state index contributed by atoms with van der Waals surface area (Å²) in [5, 5.41) is 12.6. The number of H-pyrrole nitrogens is 1. The fourth-order valence-corrected chi connectivity index (χ4v) is 1.38. The molecule has 1 rings (SSSR count). The molecule has 6 heteroatoms. The minimum absolute atomic E-state index is 0.238. The van der Waals surface area contributed by atoms with E-state index < -0.39 is 0 Å². The zero-order chi connectivity index (χ0) is 11.3. The first-order chi connectivity index (χ1) is 7.17. The lowest BCUT2D eigenvalue weighted by molar-refractivity contribution is 0.0890. The lowest BCUT2D eigenvalue weighted by atomic mass is 9.93. The minimum Gasteiger partial charge on any atom is -0.344 e. The number of carbonyl (C=O) groups is 1. The number of carbonyl (C=O) groups excluding carboxylic acids is 1. The van der Waals surface area contributed by atoms with Gasteiger partial charge in [0.15, 0.2) is 5.69 Å². The highest BCUT2D eigenvalue weighted by Crippen LogP contribution is 2.13. The SMILES string of the molecule is CCC(CC)(CN)NC(=O)c1cn[nH]n1. The van der Waals surface area contributed by atoms with Crippen molar-refractivity contribution < 1.29 is 4.79 Å². The number of hydrogen-bond acceptors (Lipinski definition) is 4. The van der Waals surface area contributed by atoms with Crippen molar-refractivity contribution in [2.75, 3.05) is 6.54 Å². The van der Waals surface area contributed by atoms with Gasteiger partial charge in [-0.25, -0.2) is 0 Å². The van der Waals surface area contributed by atoms with Crippen molar-refractivity contribution in [3.05, 3.63) is 11.9 Å². The van der Waals surface area contributed by atoms with Crippen molar-refractivity contribution in [3.8, 4) is 0 Å². The standard InChI is InChI=1S/C9H17N5O/c1-3-9(4-2,6-10)12-8(15)7-5-11-14-13-7/h5H,3-4,6,10H2,1-2H3,(H,12,15)(H,11,13,14). The fraction of sp³-hybridized carbons (Fsp3) is 0.667. The Morgan fingerprint density at radius 3 is 2.67 bits per heavy atom. The zero-order valence-corrected chi connectivity index (χ0v) is 9.08. The van der Waals surface area contributed by atoms with Crippen LogP contribution in [0.2, 0.25) is 0 Å². The molecule has 0 spiro atoms. The first kappa shape index (κ1) is 11.6. The van der Waals surface area contributed by atoms with E-state index in [2.05, 4.69) is 20.7 Å². The van der Waals surface area contributed by atoms with E-state index in [0.29, 0.717) is 6.54 Å². The highest BCUT2D eigenvalue weighted by molar-refractivity contribution is 5.92. The van der Waals surface area contributed by atoms with E-state index in [1.54, 1.807) is 0 Å². The fourth-order valence-electron chi connectivity index (χ4n) is 1.38. The summed E-state index contributed by atoms with van der Waals surface area (Å²) >= 11 is 0. The molecular weight excluding hydrogens is 194 g/mol. The molecule has 4 N–H and O–H groups in total. The van der Waals surface area contributed by atoms with Crippen LogP contribution in [0.25, 0.3) is 0 Å². The van der Waals surface area contributed by atoms with Gasteiger partial charge in [-0.2, -0.15) is 15.4 Å². The van der Waals surface area contributed by atoms with E-state index in [1.807, 2.05) is 13.8 Å². The van der Waals surface area contributed by atoms with E-state index in [9.17, 15) is 4.79 Å². The minimum atomic E-state index is -0.337. The van der Waals surface area contributed by atoms with E-state index in [-0.39, 0.29) is 17.1 Å². The van der Waals surface area contributed by atoms with Crippen molar-refractivity contribution in [1.29, 1.82) is 0 Å². The normalized spacial score (nSPS) is 11.4. The number of nitrogens with two attached hydrogens (primary N) is 1. The third kappa shape index (κ3) is 2.53. The Morgan fingerprint density at radius 2 is 2.27 bits per heavy atom. The van der Waals surface area contributed by atoms with Gasteiger partial charge in [0.25, 0.3) is 5.91 Å². The van der Waals surface area contributed by atoms with Crippen molar-refractivity contribution in [3.63, 3.8) is 0 Å². The van der Waals surface area contributed by atoms with Gasteiger partial charge >= 0.3 is 0 Å². The van der Waals surface area contributed by atoms with Crippen LogP contribution < -0.4 is 11.1 Å². The topological polar surface area (TPSA) is 96.7 Å². The largest absolute Gasteiger partial charge is 0.344 e. The van der Waals surface area contributed by atoms with Gasteiger partial charge in [0.05, 0.1) is 11.7 Å². The second kappa shape index (κ2) is 4.88. The molecule has 1 aromatic heterocycles. The molecule has 0 saturated heterocycles. The number of nitrogens with zero attached hydrogens (tertiary/aromatic N) is 2. The summed E-state index contributed by atoms with van der Waals surface area (Å²) < 4.78 is 0. The summed E-state index contributed by atoms with van der Waals surface area (Å²) in [6.45, 7) is 4.42. The average molecular weight is 211 g/mol. The second-order valence-electron chi connectivity index (χ2n) is 3.50. The average Bonchev–Trinajstić information content (AvgIpc) is 2.79. The summed E-state index contributed by atoms with van der Waals surface area (Å²) in [4.78, 5) is 11.7. The molecule has 0 aliphatic carbocycles. The molecular formula is C9H17N5O. The maximum absolute atomic E-state index is 11.7. The van der Waals surface area contributed by atoms with Crippen LogP contribution in [0.1, 0.15) is 37.2 Å². The summed E-state index contributed by atoms with van der Waals surface area (Å²) in [5.41, 5.74) is 5.62. The van der Waals surface area contributed by atoms with E-state index >= 15 is 0 Å². The quantitative estimate of drug-likeness (QED) is 0.641. The van der Waals surface area contributed by atoms with Crippen LogP contribution >= 0.6 is 0 Å². The van der Waals surface area contributed by atoms with E-state index in [0.717, 1.165) is 12.8 Å². The molecule has 0 radical (unpaired) electrons. The molecule has 0 fully saturated rings. The summed E-state index contributed by atoms with van der Waals surface area (Å²) in [5.74, 6) is -0.238. The van der Waals surface area contributed by atoms with E-state index in [1.165, 1.54) is 6.20 Å². The molecule has 0 unspecified atom stereocenters. The molecule has 0 bridgehead atoms. The molecule has 1 amide bonds. The third-order valence-electron chi connectivity index (χ3n) is 2.77. The molecule has 0 aromatic carbocycles. The Morgan fingerprint density at radius 1 is 1.60 bits per heavy atom. The number of aromatic nitrogens is 3. The number of rotatable bonds is 5. The third-order valence-corrected chi connectivity index (χ3v) is 2.77. The van der Waals surface area contributed by atoms with Crippen LogP contribution in [-0.4, -0.2) is 33.4 Å². The summed E-state index contributed by atoms with van der Waals surface area (Å²) in [7, 11) is 0. The summed E-state index contributed by atoms with van der Waals surface area (Å²) in [6.07, 6.45) is 2.98. The number of nitrogens with one attached hydrogen (secondary N) is 2. The van der Waals surface area contributed by atoms with Crippen LogP contribution in [-0.2, 0) is 0 Å². The maximum Gasteiger partial charge on any atom is 0.273 e. The first-order valence-corrected chi connectivity index (χ1v) is 5.05. The molecule has 0 aliphatic heterocycles. The Bertz CT molecular complexity index is 296. The molecule has 84 valence electrons. The van der Waals surface area contributed by atoms with Crippen LogP contribution in [0, 0.1) is 0 Å². The molecule has 0 aliphatic rings. The van der Waals surface area contributed by atoms with Gasteiger partial charge in [-0.3, -0.25) is 4.79 Å². The highest BCUT2D eigenvalue weighted by Gasteiger charge is 2.27. The highest BCUT2D eigenvalue weighted by atomic mass is 16.2. The number of amides is 1. The number of hydrogen-bond donors (Lipinski definition) is 3.